The summed E-state index contributed by atoms with van der Waals surface area (Å²) in [5.41, 5.74) is 6.66. The molecule has 4 N–H and O–H groups in total. The second-order valence-corrected chi connectivity index (χ2v) is 5.36. The highest BCUT2D eigenvalue weighted by atomic mass is 16.4. The first-order chi connectivity index (χ1) is 9.61. The van der Waals surface area contributed by atoms with Gasteiger partial charge in [-0.1, -0.05) is 24.9 Å². The normalized spacial score (nSPS) is 17.9. The quantitative estimate of drug-likeness (QED) is 0.341. The number of carbonyl (C=O) groups excluding carboxylic acids is 1. The standard InChI is InChI=1S/C15H21N3O2/c1-2-15(9-3-4-10-15)14(19)17-12-7-5-11(6-8-12)13(16)18-20/h5-8,20H,2-4,9-10H2,1H3,(H2,16,18)(H,17,19). The van der Waals surface area contributed by atoms with Gasteiger partial charge in [0.1, 0.15) is 0 Å². The van der Waals surface area contributed by atoms with E-state index in [1.165, 1.54) is 0 Å². The summed E-state index contributed by atoms with van der Waals surface area (Å²) in [7, 11) is 0. The highest BCUT2D eigenvalue weighted by molar-refractivity contribution is 5.98. The number of rotatable bonds is 4. The Morgan fingerprint density at radius 2 is 1.95 bits per heavy atom. The van der Waals surface area contributed by atoms with E-state index in [-0.39, 0.29) is 17.2 Å². The first kappa shape index (κ1) is 14.4. The Labute approximate surface area is 118 Å². The lowest BCUT2D eigenvalue weighted by Gasteiger charge is -2.26. The van der Waals surface area contributed by atoms with Crippen LogP contribution in [-0.4, -0.2) is 17.0 Å². The molecule has 20 heavy (non-hydrogen) atoms. The highest BCUT2D eigenvalue weighted by Gasteiger charge is 2.39. The topological polar surface area (TPSA) is 87.7 Å². The van der Waals surface area contributed by atoms with Crippen LogP contribution in [0.4, 0.5) is 5.69 Å². The van der Waals surface area contributed by atoms with Gasteiger partial charge in [-0.25, -0.2) is 0 Å². The number of carbonyl (C=O) groups is 1. The number of nitrogens with one attached hydrogen (secondary N) is 1. The van der Waals surface area contributed by atoms with E-state index in [1.54, 1.807) is 24.3 Å². The third-order valence-electron chi connectivity index (χ3n) is 4.27. The maximum atomic E-state index is 12.4. The molecule has 0 unspecified atom stereocenters. The molecule has 0 spiro atoms. The molecule has 0 saturated heterocycles. The lowest BCUT2D eigenvalue weighted by Crippen LogP contribution is -2.33. The Balaban J connectivity index is 2.08. The summed E-state index contributed by atoms with van der Waals surface area (Å²) in [5, 5.41) is 14.5. The molecular weight excluding hydrogens is 254 g/mol. The lowest BCUT2D eigenvalue weighted by molar-refractivity contribution is -0.125. The van der Waals surface area contributed by atoms with E-state index >= 15 is 0 Å². The molecule has 0 aromatic heterocycles. The van der Waals surface area contributed by atoms with Crippen LogP contribution in [0.15, 0.2) is 29.4 Å². The first-order valence-corrected chi connectivity index (χ1v) is 7.01. The molecule has 5 heteroatoms. The third kappa shape index (κ3) is 2.76. The summed E-state index contributed by atoms with van der Waals surface area (Å²) in [4.78, 5) is 12.4. The molecule has 2 rings (SSSR count). The van der Waals surface area contributed by atoms with Crippen LogP contribution in [0.1, 0.15) is 44.6 Å². The van der Waals surface area contributed by atoms with Gasteiger partial charge in [-0.2, -0.15) is 0 Å². The van der Waals surface area contributed by atoms with Gasteiger partial charge in [0.05, 0.1) is 0 Å². The highest BCUT2D eigenvalue weighted by Crippen LogP contribution is 2.41. The fourth-order valence-electron chi connectivity index (χ4n) is 2.84. The Morgan fingerprint density at radius 3 is 2.45 bits per heavy atom. The van der Waals surface area contributed by atoms with Crippen molar-refractivity contribution in [2.75, 3.05) is 5.32 Å². The summed E-state index contributed by atoms with van der Waals surface area (Å²) in [6.45, 7) is 2.08. The Hall–Kier alpha value is -2.04. The van der Waals surface area contributed by atoms with E-state index in [2.05, 4.69) is 17.4 Å². The number of oxime groups is 1. The van der Waals surface area contributed by atoms with E-state index < -0.39 is 0 Å². The second kappa shape index (κ2) is 5.94. The molecule has 0 heterocycles. The zero-order valence-electron chi connectivity index (χ0n) is 11.7. The smallest absolute Gasteiger partial charge is 0.230 e. The van der Waals surface area contributed by atoms with E-state index in [0.717, 1.165) is 37.8 Å². The van der Waals surface area contributed by atoms with Crippen LogP contribution in [0.3, 0.4) is 0 Å². The van der Waals surface area contributed by atoms with Crippen LogP contribution in [-0.2, 0) is 4.79 Å². The van der Waals surface area contributed by atoms with Gasteiger partial charge in [0, 0.05) is 16.7 Å². The minimum Gasteiger partial charge on any atom is -0.409 e. The van der Waals surface area contributed by atoms with E-state index in [0.29, 0.717) is 5.56 Å². The van der Waals surface area contributed by atoms with Crippen molar-refractivity contribution in [1.82, 2.24) is 0 Å². The molecule has 0 radical (unpaired) electrons. The number of amides is 1. The number of hydrogen-bond acceptors (Lipinski definition) is 3. The average molecular weight is 275 g/mol. The SMILES string of the molecule is CCC1(C(=O)Nc2ccc(/C(N)=N/O)cc2)CCCC1. The first-order valence-electron chi connectivity index (χ1n) is 7.01. The fraction of sp³-hybridized carbons (Fsp3) is 0.467. The van der Waals surface area contributed by atoms with Crippen LogP contribution >= 0.6 is 0 Å². The maximum Gasteiger partial charge on any atom is 0.230 e. The Morgan fingerprint density at radius 1 is 1.35 bits per heavy atom. The van der Waals surface area contributed by atoms with Crippen LogP contribution in [0.25, 0.3) is 0 Å². The molecule has 0 bridgehead atoms. The third-order valence-corrected chi connectivity index (χ3v) is 4.27. The summed E-state index contributed by atoms with van der Waals surface area (Å²) in [5.74, 6) is 0.165. The zero-order chi connectivity index (χ0) is 14.6. The monoisotopic (exact) mass is 275 g/mol. The molecule has 1 aromatic rings. The van der Waals surface area contributed by atoms with Gasteiger partial charge in [0.2, 0.25) is 5.91 Å². The number of amidine groups is 1. The molecule has 1 amide bonds. The molecule has 5 nitrogen and oxygen atoms in total. The molecule has 1 saturated carbocycles. The molecule has 0 aliphatic heterocycles. The predicted octanol–water partition coefficient (Wildman–Crippen LogP) is 2.69. The number of nitrogens with zero attached hydrogens (tertiary/aromatic N) is 1. The van der Waals surface area contributed by atoms with Gasteiger partial charge in [-0.05, 0) is 43.5 Å². The van der Waals surface area contributed by atoms with Gasteiger partial charge < -0.3 is 16.3 Å². The van der Waals surface area contributed by atoms with Crippen molar-refractivity contribution in [3.05, 3.63) is 29.8 Å². The Kier molecular flexibility index (Phi) is 4.27. The van der Waals surface area contributed by atoms with Gasteiger partial charge in [0.25, 0.3) is 0 Å². The van der Waals surface area contributed by atoms with E-state index in [4.69, 9.17) is 10.9 Å². The average Bonchev–Trinajstić information content (AvgIpc) is 2.97. The van der Waals surface area contributed by atoms with Gasteiger partial charge in [-0.15, -0.1) is 0 Å². The van der Waals surface area contributed by atoms with E-state index in [9.17, 15) is 4.79 Å². The summed E-state index contributed by atoms with van der Waals surface area (Å²) >= 11 is 0. The number of nitrogens with two attached hydrogens (primary N) is 1. The minimum atomic E-state index is -0.204. The summed E-state index contributed by atoms with van der Waals surface area (Å²) in [6.07, 6.45) is 5.07. The van der Waals surface area contributed by atoms with Crippen LogP contribution in [0, 0.1) is 5.41 Å². The van der Waals surface area contributed by atoms with E-state index in [1.807, 2.05) is 0 Å². The predicted molar refractivity (Wildman–Crippen MR) is 78.8 cm³/mol. The van der Waals surface area contributed by atoms with Gasteiger partial charge in [0.15, 0.2) is 5.84 Å². The number of hydrogen-bond donors (Lipinski definition) is 3. The van der Waals surface area contributed by atoms with Crippen molar-refractivity contribution >= 4 is 17.4 Å². The number of benzene rings is 1. The maximum absolute atomic E-state index is 12.4. The van der Waals surface area contributed by atoms with Crippen molar-refractivity contribution in [3.63, 3.8) is 0 Å². The largest absolute Gasteiger partial charge is 0.409 e. The Bertz CT molecular complexity index is 502. The second-order valence-electron chi connectivity index (χ2n) is 5.36. The van der Waals surface area contributed by atoms with Crippen molar-refractivity contribution in [2.24, 2.45) is 16.3 Å². The summed E-state index contributed by atoms with van der Waals surface area (Å²) in [6, 6.07) is 6.98. The van der Waals surface area contributed by atoms with Crippen LogP contribution < -0.4 is 11.1 Å². The molecule has 1 aliphatic carbocycles. The van der Waals surface area contributed by atoms with Crippen molar-refractivity contribution in [2.45, 2.75) is 39.0 Å². The molecular formula is C15H21N3O2. The van der Waals surface area contributed by atoms with Crippen LogP contribution in [0.2, 0.25) is 0 Å². The minimum absolute atomic E-state index is 0.0590. The van der Waals surface area contributed by atoms with Gasteiger partial charge >= 0.3 is 0 Å². The van der Waals surface area contributed by atoms with Gasteiger partial charge in [-0.3, -0.25) is 4.79 Å². The van der Waals surface area contributed by atoms with Crippen LogP contribution in [0.5, 0.6) is 0 Å². The fourth-order valence-corrected chi connectivity index (χ4v) is 2.84. The zero-order valence-corrected chi connectivity index (χ0v) is 11.7. The lowest BCUT2D eigenvalue weighted by atomic mass is 9.82. The molecule has 1 aliphatic rings. The molecule has 108 valence electrons. The van der Waals surface area contributed by atoms with Crippen molar-refractivity contribution < 1.29 is 10.0 Å². The summed E-state index contributed by atoms with van der Waals surface area (Å²) < 4.78 is 0. The van der Waals surface area contributed by atoms with Crippen molar-refractivity contribution in [3.8, 4) is 0 Å². The molecule has 0 atom stereocenters. The molecule has 1 aromatic carbocycles. The van der Waals surface area contributed by atoms with Crippen molar-refractivity contribution in [1.29, 1.82) is 0 Å². The molecule has 1 fully saturated rings. The number of anilines is 1.